The van der Waals surface area contributed by atoms with Crippen LogP contribution in [-0.2, 0) is 6.54 Å². The molecule has 100 valence electrons. The molecule has 0 aromatic carbocycles. The summed E-state index contributed by atoms with van der Waals surface area (Å²) in [5, 5.41) is 2.20. The van der Waals surface area contributed by atoms with Gasteiger partial charge in [0.25, 0.3) is 0 Å². The number of thiol groups is 1. The Bertz CT molecular complexity index is 364. The molecule has 0 bridgehead atoms. The molecule has 0 aliphatic heterocycles. The maximum atomic E-state index is 4.65. The number of hydrogen-bond acceptors (Lipinski definition) is 3. The zero-order chi connectivity index (χ0) is 12.4. The second-order valence-corrected chi connectivity index (χ2v) is 7.43. The molecule has 1 aromatic rings. The normalized spacial score (nSPS) is 22.8. The van der Waals surface area contributed by atoms with Gasteiger partial charge >= 0.3 is 0 Å². The van der Waals surface area contributed by atoms with Crippen molar-refractivity contribution in [1.29, 1.82) is 0 Å². The van der Waals surface area contributed by atoms with E-state index >= 15 is 0 Å². The molecule has 18 heavy (non-hydrogen) atoms. The van der Waals surface area contributed by atoms with Crippen LogP contribution in [0.25, 0.3) is 0 Å². The van der Waals surface area contributed by atoms with E-state index in [-0.39, 0.29) is 0 Å². The smallest absolute Gasteiger partial charge is 0.0331 e. The van der Waals surface area contributed by atoms with Gasteiger partial charge in [0.15, 0.2) is 0 Å². The van der Waals surface area contributed by atoms with Gasteiger partial charge in [0.2, 0.25) is 0 Å². The summed E-state index contributed by atoms with van der Waals surface area (Å²) in [6, 6.07) is 5.32. The Labute approximate surface area is 120 Å². The van der Waals surface area contributed by atoms with Crippen LogP contribution in [0.3, 0.4) is 0 Å². The van der Waals surface area contributed by atoms with Crippen LogP contribution in [-0.4, -0.2) is 23.2 Å². The fourth-order valence-corrected chi connectivity index (χ4v) is 4.42. The Morgan fingerprint density at radius 1 is 1.33 bits per heavy atom. The van der Waals surface area contributed by atoms with E-state index in [0.29, 0.717) is 5.41 Å². The fraction of sp³-hybridized carbons (Fsp3) is 0.733. The summed E-state index contributed by atoms with van der Waals surface area (Å²) in [5.41, 5.74) is 0.517. The topological polar surface area (TPSA) is 3.24 Å². The minimum Gasteiger partial charge on any atom is -0.295 e. The molecule has 2 aliphatic carbocycles. The summed E-state index contributed by atoms with van der Waals surface area (Å²) < 4.78 is 0. The summed E-state index contributed by atoms with van der Waals surface area (Å²) >= 11 is 6.55. The zero-order valence-electron chi connectivity index (χ0n) is 11.0. The highest BCUT2D eigenvalue weighted by Crippen LogP contribution is 2.42. The van der Waals surface area contributed by atoms with E-state index in [1.807, 2.05) is 11.3 Å². The number of hydrogen-bond donors (Lipinski definition) is 1. The van der Waals surface area contributed by atoms with E-state index < -0.39 is 0 Å². The lowest BCUT2D eigenvalue weighted by molar-refractivity contribution is 0.158. The van der Waals surface area contributed by atoms with Crippen molar-refractivity contribution in [1.82, 2.24) is 4.90 Å². The van der Waals surface area contributed by atoms with Crippen molar-refractivity contribution in [3.8, 4) is 0 Å². The molecular formula is C15H23NS2. The molecule has 1 nitrogen and oxygen atoms in total. The van der Waals surface area contributed by atoms with E-state index in [4.69, 9.17) is 0 Å². The van der Waals surface area contributed by atoms with Crippen molar-refractivity contribution < 1.29 is 0 Å². The van der Waals surface area contributed by atoms with Crippen LogP contribution in [0.2, 0.25) is 0 Å². The predicted molar refractivity (Wildman–Crippen MR) is 82.5 cm³/mol. The van der Waals surface area contributed by atoms with Gasteiger partial charge in [0.1, 0.15) is 0 Å². The quantitative estimate of drug-likeness (QED) is 0.765. The molecule has 2 fully saturated rings. The Kier molecular flexibility index (Phi) is 4.02. The minimum absolute atomic E-state index is 0.517. The van der Waals surface area contributed by atoms with Crippen molar-refractivity contribution in [2.24, 2.45) is 5.41 Å². The second-order valence-electron chi connectivity index (χ2n) is 6.08. The van der Waals surface area contributed by atoms with Gasteiger partial charge in [-0.1, -0.05) is 18.9 Å². The molecule has 0 N–H and O–H groups in total. The molecule has 0 unspecified atom stereocenters. The van der Waals surface area contributed by atoms with Crippen molar-refractivity contribution in [3.63, 3.8) is 0 Å². The highest BCUT2D eigenvalue weighted by molar-refractivity contribution is 7.80. The van der Waals surface area contributed by atoms with Gasteiger partial charge in [-0.15, -0.1) is 11.3 Å². The van der Waals surface area contributed by atoms with Gasteiger partial charge in [-0.05, 0) is 48.3 Å². The molecule has 1 heterocycles. The van der Waals surface area contributed by atoms with Crippen molar-refractivity contribution in [2.45, 2.75) is 51.1 Å². The van der Waals surface area contributed by atoms with Crippen LogP contribution in [0, 0.1) is 5.41 Å². The summed E-state index contributed by atoms with van der Waals surface area (Å²) in [6.07, 6.45) is 8.44. The Morgan fingerprint density at radius 2 is 2.11 bits per heavy atom. The summed E-state index contributed by atoms with van der Waals surface area (Å²) in [5.74, 6) is 1.07. The van der Waals surface area contributed by atoms with Crippen LogP contribution in [0.15, 0.2) is 17.5 Å². The van der Waals surface area contributed by atoms with Crippen LogP contribution in [0.5, 0.6) is 0 Å². The molecule has 0 amide bonds. The fourth-order valence-electron chi connectivity index (χ4n) is 3.28. The van der Waals surface area contributed by atoms with E-state index in [1.165, 1.54) is 49.9 Å². The molecule has 0 radical (unpaired) electrons. The van der Waals surface area contributed by atoms with Gasteiger partial charge in [-0.3, -0.25) is 4.90 Å². The number of nitrogens with zero attached hydrogens (tertiary/aromatic N) is 1. The number of thiophene rings is 1. The third-order valence-corrected chi connectivity index (χ3v) is 6.07. The number of rotatable bonds is 6. The average molecular weight is 281 g/mol. The average Bonchev–Trinajstić information content (AvgIpc) is 2.92. The first kappa shape index (κ1) is 13.0. The van der Waals surface area contributed by atoms with Gasteiger partial charge in [-0.25, -0.2) is 0 Å². The monoisotopic (exact) mass is 281 g/mol. The van der Waals surface area contributed by atoms with Gasteiger partial charge in [0, 0.05) is 24.0 Å². The second kappa shape index (κ2) is 5.56. The molecule has 0 atom stereocenters. The van der Waals surface area contributed by atoms with E-state index in [9.17, 15) is 0 Å². The predicted octanol–water partition coefficient (Wildman–Crippen LogP) is 4.20. The van der Waals surface area contributed by atoms with Gasteiger partial charge in [0.05, 0.1) is 0 Å². The molecule has 2 saturated carbocycles. The first-order valence-corrected chi connectivity index (χ1v) is 8.70. The van der Waals surface area contributed by atoms with Crippen LogP contribution < -0.4 is 0 Å². The maximum absolute atomic E-state index is 4.65. The summed E-state index contributed by atoms with van der Waals surface area (Å²) in [6.45, 7) is 2.44. The Balaban J connectivity index is 1.66. The lowest BCUT2D eigenvalue weighted by atomic mass is 9.87. The van der Waals surface area contributed by atoms with E-state index in [1.54, 1.807) is 0 Å². The minimum atomic E-state index is 0.517. The van der Waals surface area contributed by atoms with Crippen molar-refractivity contribution in [3.05, 3.63) is 22.4 Å². The standard InChI is InChI=1S/C15H23NS2/c17-12-15(7-1-2-8-15)11-16(13-5-6-13)10-14-4-3-9-18-14/h3-4,9,13,17H,1-2,5-8,10-12H2. The SMILES string of the molecule is SCC1(CN(Cc2cccs2)C2CC2)CCCC1. The molecular weight excluding hydrogens is 258 g/mol. The Hall–Kier alpha value is 0.01000. The third-order valence-electron chi connectivity index (χ3n) is 4.54. The third kappa shape index (κ3) is 2.94. The summed E-state index contributed by atoms with van der Waals surface area (Å²) in [4.78, 5) is 4.27. The maximum Gasteiger partial charge on any atom is 0.0331 e. The first-order chi connectivity index (χ1) is 8.81. The van der Waals surface area contributed by atoms with Crippen LogP contribution in [0.1, 0.15) is 43.4 Å². The summed E-state index contributed by atoms with van der Waals surface area (Å²) in [7, 11) is 0. The van der Waals surface area contributed by atoms with Crippen LogP contribution >= 0.6 is 24.0 Å². The first-order valence-electron chi connectivity index (χ1n) is 7.19. The van der Waals surface area contributed by atoms with Gasteiger partial charge in [-0.2, -0.15) is 12.6 Å². The van der Waals surface area contributed by atoms with Crippen molar-refractivity contribution >= 4 is 24.0 Å². The highest BCUT2D eigenvalue weighted by Gasteiger charge is 2.38. The molecule has 0 spiro atoms. The Morgan fingerprint density at radius 3 is 2.67 bits per heavy atom. The molecule has 3 heteroatoms. The van der Waals surface area contributed by atoms with E-state index in [2.05, 4.69) is 35.0 Å². The zero-order valence-corrected chi connectivity index (χ0v) is 12.7. The van der Waals surface area contributed by atoms with Crippen molar-refractivity contribution in [2.75, 3.05) is 12.3 Å². The lowest BCUT2D eigenvalue weighted by Crippen LogP contribution is -2.38. The lowest BCUT2D eigenvalue weighted by Gasteiger charge is -2.34. The van der Waals surface area contributed by atoms with Gasteiger partial charge < -0.3 is 0 Å². The van der Waals surface area contributed by atoms with E-state index in [0.717, 1.165) is 18.3 Å². The van der Waals surface area contributed by atoms with Crippen LogP contribution in [0.4, 0.5) is 0 Å². The molecule has 1 aromatic heterocycles. The molecule has 0 saturated heterocycles. The molecule has 3 rings (SSSR count). The highest BCUT2D eigenvalue weighted by atomic mass is 32.1. The largest absolute Gasteiger partial charge is 0.295 e. The molecule has 2 aliphatic rings.